The third kappa shape index (κ3) is 2.86. The molecule has 1 amide bonds. The van der Waals surface area contributed by atoms with Gasteiger partial charge < -0.3 is 9.47 Å². The fraction of sp³-hybridized carbons (Fsp3) is 0.857. The predicted molar refractivity (Wildman–Crippen MR) is 40.5 cm³/mol. The number of carbonyl (C=O) groups excluding carboxylic acids is 1. The standard InChI is InChI=1S/C7H14NO3/c1-6(10-3)8(5-9)7(2)11-4/h6-7H,1-4H3. The summed E-state index contributed by atoms with van der Waals surface area (Å²) in [5.41, 5.74) is 0. The highest BCUT2D eigenvalue weighted by Gasteiger charge is 2.17. The lowest BCUT2D eigenvalue weighted by Crippen LogP contribution is -2.41. The van der Waals surface area contributed by atoms with Crippen LogP contribution in [0.4, 0.5) is 0 Å². The van der Waals surface area contributed by atoms with Crippen LogP contribution >= 0.6 is 0 Å². The summed E-state index contributed by atoms with van der Waals surface area (Å²) in [4.78, 5) is 11.7. The largest absolute Gasteiger partial charge is 0.362 e. The minimum Gasteiger partial charge on any atom is -0.362 e. The molecule has 2 atom stereocenters. The molecule has 0 heterocycles. The van der Waals surface area contributed by atoms with E-state index < -0.39 is 0 Å². The van der Waals surface area contributed by atoms with Gasteiger partial charge in [-0.3, -0.25) is 9.69 Å². The average molecular weight is 160 g/mol. The van der Waals surface area contributed by atoms with Crippen LogP contribution in [0, 0.1) is 0 Å². The van der Waals surface area contributed by atoms with Gasteiger partial charge in [0, 0.05) is 14.2 Å². The molecule has 0 aromatic rings. The number of amides is 1. The van der Waals surface area contributed by atoms with Crippen molar-refractivity contribution in [2.24, 2.45) is 0 Å². The molecule has 1 radical (unpaired) electrons. The maximum atomic E-state index is 10.3. The first-order valence-corrected chi connectivity index (χ1v) is 3.39. The Labute approximate surface area is 67.1 Å². The molecule has 0 aliphatic heterocycles. The fourth-order valence-electron chi connectivity index (χ4n) is 0.671. The summed E-state index contributed by atoms with van der Waals surface area (Å²) in [6.45, 7) is 3.50. The minimum absolute atomic E-state index is 0.303. The summed E-state index contributed by atoms with van der Waals surface area (Å²) in [7, 11) is 3.05. The van der Waals surface area contributed by atoms with Gasteiger partial charge in [-0.1, -0.05) is 0 Å². The second-order valence-electron chi connectivity index (χ2n) is 2.17. The van der Waals surface area contributed by atoms with Crippen LogP contribution in [0.2, 0.25) is 0 Å². The van der Waals surface area contributed by atoms with Gasteiger partial charge in [-0.25, -0.2) is 0 Å². The van der Waals surface area contributed by atoms with E-state index in [9.17, 15) is 4.79 Å². The summed E-state index contributed by atoms with van der Waals surface area (Å²) in [5.74, 6) is 0. The van der Waals surface area contributed by atoms with Crippen LogP contribution in [0.3, 0.4) is 0 Å². The smallest absolute Gasteiger partial charge is 0.316 e. The molecule has 0 bridgehead atoms. The van der Waals surface area contributed by atoms with Gasteiger partial charge >= 0.3 is 6.41 Å². The molecule has 2 unspecified atom stereocenters. The van der Waals surface area contributed by atoms with Gasteiger partial charge in [0.05, 0.1) is 0 Å². The van der Waals surface area contributed by atoms with Crippen LogP contribution in [-0.4, -0.2) is 38.0 Å². The Morgan fingerprint density at radius 2 is 1.55 bits per heavy atom. The molecule has 0 aromatic carbocycles. The van der Waals surface area contributed by atoms with E-state index in [0.29, 0.717) is 0 Å². The molecule has 0 aliphatic carbocycles. The average Bonchev–Trinajstić information content (AvgIpc) is 2.05. The highest BCUT2D eigenvalue weighted by molar-refractivity contribution is 5.48. The van der Waals surface area contributed by atoms with Gasteiger partial charge in [0.25, 0.3) is 0 Å². The molecule has 0 aliphatic rings. The molecule has 65 valence electrons. The summed E-state index contributed by atoms with van der Waals surface area (Å²) in [6, 6.07) is 0. The van der Waals surface area contributed by atoms with E-state index in [0.717, 1.165) is 0 Å². The lowest BCUT2D eigenvalue weighted by atomic mass is 10.5. The summed E-state index contributed by atoms with van der Waals surface area (Å²) in [6.07, 6.45) is 1.13. The molecule has 0 N–H and O–H groups in total. The monoisotopic (exact) mass is 160 g/mol. The van der Waals surface area contributed by atoms with Crippen molar-refractivity contribution in [2.75, 3.05) is 14.2 Å². The van der Waals surface area contributed by atoms with Crippen LogP contribution in [-0.2, 0) is 14.3 Å². The lowest BCUT2D eigenvalue weighted by Gasteiger charge is -2.27. The molecule has 0 saturated heterocycles. The second-order valence-corrected chi connectivity index (χ2v) is 2.17. The fourth-order valence-corrected chi connectivity index (χ4v) is 0.671. The van der Waals surface area contributed by atoms with Crippen LogP contribution in [0.5, 0.6) is 0 Å². The minimum atomic E-state index is -0.303. The number of ether oxygens (including phenoxy) is 2. The van der Waals surface area contributed by atoms with Gasteiger partial charge in [0.2, 0.25) is 0 Å². The first-order valence-electron chi connectivity index (χ1n) is 3.39. The van der Waals surface area contributed by atoms with Gasteiger partial charge in [-0.15, -0.1) is 0 Å². The van der Waals surface area contributed by atoms with Crippen molar-refractivity contribution < 1.29 is 14.3 Å². The number of hydrogen-bond acceptors (Lipinski definition) is 3. The Balaban J connectivity index is 4.03. The molecule has 11 heavy (non-hydrogen) atoms. The van der Waals surface area contributed by atoms with Gasteiger partial charge in [-0.2, -0.15) is 0 Å². The number of hydrogen-bond donors (Lipinski definition) is 0. The van der Waals surface area contributed by atoms with Crippen molar-refractivity contribution in [3.05, 3.63) is 0 Å². The van der Waals surface area contributed by atoms with Crippen molar-refractivity contribution in [1.29, 1.82) is 0 Å². The number of rotatable bonds is 5. The highest BCUT2D eigenvalue weighted by Crippen LogP contribution is 2.02. The van der Waals surface area contributed by atoms with Gasteiger partial charge in [0.1, 0.15) is 12.5 Å². The van der Waals surface area contributed by atoms with E-state index in [1.54, 1.807) is 20.3 Å². The first kappa shape index (κ1) is 10.4. The van der Waals surface area contributed by atoms with Gasteiger partial charge in [-0.05, 0) is 13.8 Å². The summed E-state index contributed by atoms with van der Waals surface area (Å²) < 4.78 is 9.82. The first-order chi connectivity index (χ1) is 5.17. The Bertz CT molecular complexity index is 108. The Morgan fingerprint density at radius 1 is 1.18 bits per heavy atom. The zero-order valence-corrected chi connectivity index (χ0v) is 7.33. The molecule has 4 nitrogen and oxygen atoms in total. The van der Waals surface area contributed by atoms with Crippen molar-refractivity contribution in [1.82, 2.24) is 4.90 Å². The molecule has 0 spiro atoms. The van der Waals surface area contributed by atoms with E-state index in [1.807, 2.05) is 0 Å². The van der Waals surface area contributed by atoms with E-state index in [2.05, 4.69) is 0 Å². The topological polar surface area (TPSA) is 38.8 Å². The third-order valence-electron chi connectivity index (χ3n) is 1.57. The SMILES string of the molecule is COC(C)N([C]=O)C(C)OC. The third-order valence-corrected chi connectivity index (χ3v) is 1.57. The van der Waals surface area contributed by atoms with E-state index >= 15 is 0 Å². The molecule has 0 rings (SSSR count). The number of nitrogens with zero attached hydrogens (tertiary/aromatic N) is 1. The molecule has 4 heteroatoms. The zero-order chi connectivity index (χ0) is 8.85. The maximum absolute atomic E-state index is 10.3. The Hall–Kier alpha value is -0.610. The molecular weight excluding hydrogens is 146 g/mol. The Morgan fingerprint density at radius 3 is 1.73 bits per heavy atom. The molecular formula is C7H14NO3. The van der Waals surface area contributed by atoms with Crippen molar-refractivity contribution in [3.8, 4) is 0 Å². The van der Waals surface area contributed by atoms with Crippen LogP contribution in [0.25, 0.3) is 0 Å². The van der Waals surface area contributed by atoms with E-state index in [-0.39, 0.29) is 12.5 Å². The highest BCUT2D eigenvalue weighted by atomic mass is 16.5. The van der Waals surface area contributed by atoms with E-state index in [4.69, 9.17) is 9.47 Å². The lowest BCUT2D eigenvalue weighted by molar-refractivity contribution is -0.0756. The quantitative estimate of drug-likeness (QED) is 0.430. The summed E-state index contributed by atoms with van der Waals surface area (Å²) >= 11 is 0. The van der Waals surface area contributed by atoms with Gasteiger partial charge in [0.15, 0.2) is 0 Å². The molecule has 0 fully saturated rings. The van der Waals surface area contributed by atoms with Crippen molar-refractivity contribution in [3.63, 3.8) is 0 Å². The number of methoxy groups -OCH3 is 2. The van der Waals surface area contributed by atoms with Crippen molar-refractivity contribution >= 4 is 6.41 Å². The van der Waals surface area contributed by atoms with Crippen LogP contribution in [0.1, 0.15) is 13.8 Å². The second kappa shape index (κ2) is 5.09. The molecule has 0 saturated carbocycles. The van der Waals surface area contributed by atoms with Crippen molar-refractivity contribution in [2.45, 2.75) is 26.3 Å². The van der Waals surface area contributed by atoms with E-state index in [1.165, 1.54) is 19.1 Å². The normalized spacial score (nSPS) is 15.6. The predicted octanol–water partition coefficient (Wildman–Crippen LogP) is 0.340. The maximum Gasteiger partial charge on any atom is 0.316 e. The van der Waals surface area contributed by atoms with Crippen LogP contribution < -0.4 is 0 Å². The zero-order valence-electron chi connectivity index (χ0n) is 7.33. The summed E-state index contributed by atoms with van der Waals surface area (Å²) in [5, 5.41) is 0. The molecule has 0 aromatic heterocycles. The van der Waals surface area contributed by atoms with Crippen LogP contribution in [0.15, 0.2) is 0 Å². The Kier molecular flexibility index (Phi) is 4.81.